The zero-order valence-corrected chi connectivity index (χ0v) is 9.29. The average Bonchev–Trinajstić information content (AvgIpc) is 2.13. The number of rotatable bonds is 1. The number of carboxylic acids is 1. The molecule has 1 aliphatic carbocycles. The van der Waals surface area contributed by atoms with E-state index in [4.69, 9.17) is 5.11 Å². The van der Waals surface area contributed by atoms with Crippen LogP contribution >= 0.6 is 24.8 Å². The third-order valence-corrected chi connectivity index (χ3v) is 2.18. The maximum Gasteiger partial charge on any atom is 0.331 e. The minimum Gasteiger partial charge on any atom is -0.478 e. The van der Waals surface area contributed by atoms with E-state index in [0.29, 0.717) is 11.5 Å². The standard InChI is InChI=1S/C9H14O2.2ClH/c1-7-3-2-4-8(6-5-7)9(10)11;;/h6-7H,2-5H2,1H3,(H,10,11);2*1H. The van der Waals surface area contributed by atoms with Crippen molar-refractivity contribution in [2.75, 3.05) is 0 Å². The van der Waals surface area contributed by atoms with Gasteiger partial charge in [0.1, 0.15) is 0 Å². The lowest BCUT2D eigenvalue weighted by atomic mass is 10.0. The van der Waals surface area contributed by atoms with Crippen molar-refractivity contribution in [1.82, 2.24) is 0 Å². The van der Waals surface area contributed by atoms with Gasteiger partial charge in [-0.3, -0.25) is 0 Å². The molecule has 0 aromatic heterocycles. The number of carbonyl (C=O) groups is 1. The highest BCUT2D eigenvalue weighted by Gasteiger charge is 2.12. The van der Waals surface area contributed by atoms with Gasteiger partial charge in [0.15, 0.2) is 0 Å². The van der Waals surface area contributed by atoms with Gasteiger partial charge in [-0.1, -0.05) is 19.4 Å². The second-order valence-corrected chi connectivity index (χ2v) is 3.27. The Morgan fingerprint density at radius 1 is 1.54 bits per heavy atom. The monoisotopic (exact) mass is 226 g/mol. The van der Waals surface area contributed by atoms with Crippen LogP contribution in [0.25, 0.3) is 0 Å². The molecule has 1 aliphatic rings. The molecule has 0 heterocycles. The Hall–Kier alpha value is -0.210. The predicted molar refractivity (Wildman–Crippen MR) is 57.8 cm³/mol. The van der Waals surface area contributed by atoms with E-state index in [2.05, 4.69) is 6.92 Å². The van der Waals surface area contributed by atoms with Crippen LogP contribution in [-0.4, -0.2) is 11.1 Å². The fourth-order valence-electron chi connectivity index (χ4n) is 1.40. The maximum absolute atomic E-state index is 10.5. The SMILES string of the molecule is CC1CC=C(C(=O)O)CCC1.Cl.Cl. The molecule has 1 atom stereocenters. The summed E-state index contributed by atoms with van der Waals surface area (Å²) in [5.74, 6) is -0.0778. The van der Waals surface area contributed by atoms with Gasteiger partial charge < -0.3 is 5.11 Å². The van der Waals surface area contributed by atoms with E-state index in [1.807, 2.05) is 6.08 Å². The van der Waals surface area contributed by atoms with Crippen LogP contribution in [0.1, 0.15) is 32.6 Å². The van der Waals surface area contributed by atoms with E-state index in [1.165, 1.54) is 0 Å². The van der Waals surface area contributed by atoms with E-state index < -0.39 is 5.97 Å². The van der Waals surface area contributed by atoms with E-state index in [-0.39, 0.29) is 24.8 Å². The Morgan fingerprint density at radius 2 is 2.15 bits per heavy atom. The van der Waals surface area contributed by atoms with Crippen molar-refractivity contribution >= 4 is 30.8 Å². The molecular weight excluding hydrogens is 211 g/mol. The Labute approximate surface area is 91.2 Å². The lowest BCUT2D eigenvalue weighted by Crippen LogP contribution is -1.98. The first-order valence-corrected chi connectivity index (χ1v) is 4.12. The third-order valence-electron chi connectivity index (χ3n) is 2.18. The first-order valence-electron chi connectivity index (χ1n) is 4.12. The highest BCUT2D eigenvalue weighted by atomic mass is 35.5. The van der Waals surface area contributed by atoms with Crippen LogP contribution in [0.2, 0.25) is 0 Å². The molecule has 1 rings (SSSR count). The summed E-state index contributed by atoms with van der Waals surface area (Å²) in [5.41, 5.74) is 0.606. The third kappa shape index (κ3) is 5.17. The Balaban J connectivity index is 0. The quantitative estimate of drug-likeness (QED) is 0.747. The number of aliphatic carboxylic acids is 1. The van der Waals surface area contributed by atoms with Crippen molar-refractivity contribution in [3.63, 3.8) is 0 Å². The normalized spacial score (nSPS) is 21.6. The van der Waals surface area contributed by atoms with Gasteiger partial charge in [-0.05, 0) is 25.2 Å². The largest absolute Gasteiger partial charge is 0.478 e. The van der Waals surface area contributed by atoms with Crippen molar-refractivity contribution in [3.8, 4) is 0 Å². The van der Waals surface area contributed by atoms with Crippen LogP contribution in [0.5, 0.6) is 0 Å². The molecule has 0 saturated heterocycles. The summed E-state index contributed by atoms with van der Waals surface area (Å²) in [4.78, 5) is 10.5. The topological polar surface area (TPSA) is 37.3 Å². The van der Waals surface area contributed by atoms with Gasteiger partial charge in [0.25, 0.3) is 0 Å². The number of hydrogen-bond acceptors (Lipinski definition) is 1. The molecule has 0 bridgehead atoms. The smallest absolute Gasteiger partial charge is 0.331 e. The van der Waals surface area contributed by atoms with E-state index in [0.717, 1.165) is 25.7 Å². The number of carboxylic acid groups (broad SMARTS) is 1. The highest BCUT2D eigenvalue weighted by Crippen LogP contribution is 2.21. The van der Waals surface area contributed by atoms with Crippen molar-refractivity contribution in [2.45, 2.75) is 32.6 Å². The van der Waals surface area contributed by atoms with Gasteiger partial charge >= 0.3 is 5.97 Å². The molecule has 0 radical (unpaired) electrons. The van der Waals surface area contributed by atoms with Gasteiger partial charge in [0.05, 0.1) is 0 Å². The second-order valence-electron chi connectivity index (χ2n) is 3.27. The molecule has 2 nitrogen and oxygen atoms in total. The maximum atomic E-state index is 10.5. The second kappa shape index (κ2) is 7.22. The van der Waals surface area contributed by atoms with Crippen LogP contribution in [0.3, 0.4) is 0 Å². The lowest BCUT2D eigenvalue weighted by molar-refractivity contribution is -0.132. The Bertz CT molecular complexity index is 190. The minimum absolute atomic E-state index is 0. The average molecular weight is 227 g/mol. The summed E-state index contributed by atoms with van der Waals surface area (Å²) < 4.78 is 0. The molecule has 1 unspecified atom stereocenters. The molecule has 78 valence electrons. The fourth-order valence-corrected chi connectivity index (χ4v) is 1.40. The van der Waals surface area contributed by atoms with Crippen molar-refractivity contribution in [2.24, 2.45) is 5.92 Å². The Morgan fingerprint density at radius 3 is 2.69 bits per heavy atom. The summed E-state index contributed by atoms with van der Waals surface area (Å²) >= 11 is 0. The van der Waals surface area contributed by atoms with E-state index in [9.17, 15) is 4.79 Å². The van der Waals surface area contributed by atoms with E-state index >= 15 is 0 Å². The minimum atomic E-state index is -0.737. The zero-order chi connectivity index (χ0) is 8.27. The van der Waals surface area contributed by atoms with E-state index in [1.54, 1.807) is 0 Å². The summed E-state index contributed by atoms with van der Waals surface area (Å²) in [6, 6.07) is 0. The van der Waals surface area contributed by atoms with Crippen LogP contribution in [-0.2, 0) is 4.79 Å². The van der Waals surface area contributed by atoms with Crippen molar-refractivity contribution in [3.05, 3.63) is 11.6 Å². The molecular formula is C9H16Cl2O2. The molecule has 0 spiro atoms. The Kier molecular flexibility index (Phi) is 8.48. The summed E-state index contributed by atoms with van der Waals surface area (Å²) in [6.45, 7) is 2.17. The van der Waals surface area contributed by atoms with Gasteiger partial charge in [0, 0.05) is 5.57 Å². The number of allylic oxidation sites excluding steroid dienone is 1. The van der Waals surface area contributed by atoms with Gasteiger partial charge in [0.2, 0.25) is 0 Å². The van der Waals surface area contributed by atoms with Crippen LogP contribution in [0.15, 0.2) is 11.6 Å². The van der Waals surface area contributed by atoms with Gasteiger partial charge in [-0.15, -0.1) is 24.8 Å². The first kappa shape index (κ1) is 15.3. The molecule has 13 heavy (non-hydrogen) atoms. The van der Waals surface area contributed by atoms with Crippen LogP contribution in [0.4, 0.5) is 0 Å². The summed E-state index contributed by atoms with van der Waals surface area (Å²) in [5, 5.41) is 8.68. The highest BCUT2D eigenvalue weighted by molar-refractivity contribution is 5.86. The van der Waals surface area contributed by atoms with Crippen molar-refractivity contribution in [1.29, 1.82) is 0 Å². The fraction of sp³-hybridized carbons (Fsp3) is 0.667. The summed E-state index contributed by atoms with van der Waals surface area (Å²) in [6.07, 6.45) is 5.74. The van der Waals surface area contributed by atoms with Crippen molar-refractivity contribution < 1.29 is 9.90 Å². The molecule has 0 aliphatic heterocycles. The number of halogens is 2. The number of hydrogen-bond donors (Lipinski definition) is 1. The van der Waals surface area contributed by atoms with Gasteiger partial charge in [-0.25, -0.2) is 4.79 Å². The molecule has 1 N–H and O–H groups in total. The van der Waals surface area contributed by atoms with Crippen LogP contribution in [0, 0.1) is 5.92 Å². The molecule has 0 aromatic carbocycles. The molecule has 0 saturated carbocycles. The molecule has 0 amide bonds. The lowest BCUT2D eigenvalue weighted by Gasteiger charge is -2.01. The molecule has 0 fully saturated rings. The van der Waals surface area contributed by atoms with Gasteiger partial charge in [-0.2, -0.15) is 0 Å². The first-order chi connectivity index (χ1) is 5.20. The summed E-state index contributed by atoms with van der Waals surface area (Å²) in [7, 11) is 0. The predicted octanol–water partition coefficient (Wildman–Crippen LogP) is 3.05. The zero-order valence-electron chi connectivity index (χ0n) is 7.66. The van der Waals surface area contributed by atoms with Crippen LogP contribution < -0.4 is 0 Å². The molecule has 0 aromatic rings. The molecule has 4 heteroatoms.